The molecule has 2 aromatic rings. The van der Waals surface area contributed by atoms with Gasteiger partial charge < -0.3 is 9.64 Å². The minimum atomic E-state index is -0.156. The highest BCUT2D eigenvalue weighted by molar-refractivity contribution is 6.30. The second-order valence-corrected chi connectivity index (χ2v) is 6.18. The van der Waals surface area contributed by atoms with Crippen LogP contribution in [0.4, 0.5) is 0 Å². The number of carbonyl (C=O) groups excluding carboxylic acids is 1. The van der Waals surface area contributed by atoms with E-state index in [9.17, 15) is 4.79 Å². The van der Waals surface area contributed by atoms with Crippen molar-refractivity contribution in [3.05, 3.63) is 46.5 Å². The Morgan fingerprint density at radius 1 is 1.52 bits per heavy atom. The number of hydrogen-bond acceptors (Lipinski definition) is 4. The summed E-state index contributed by atoms with van der Waals surface area (Å²) < 4.78 is 5.44. The van der Waals surface area contributed by atoms with Crippen LogP contribution in [0.1, 0.15) is 29.7 Å². The number of aryl methyl sites for hydroxylation is 1. The summed E-state index contributed by atoms with van der Waals surface area (Å²) in [5, 5.41) is 7.68. The summed E-state index contributed by atoms with van der Waals surface area (Å²) in [5.41, 5.74) is 0.897. The first-order chi connectivity index (χ1) is 11.1. The third-order valence-corrected chi connectivity index (χ3v) is 4.31. The minimum Gasteiger partial charge on any atom is -0.380 e. The molecule has 2 heterocycles. The molecule has 1 aromatic heterocycles. The van der Waals surface area contributed by atoms with E-state index in [1.54, 1.807) is 18.1 Å². The van der Waals surface area contributed by atoms with Gasteiger partial charge in [0.2, 0.25) is 5.91 Å². The predicted molar refractivity (Wildman–Crippen MR) is 86.1 cm³/mol. The topological polar surface area (TPSA) is 71.1 Å². The molecule has 7 heteroatoms. The molecule has 1 aromatic carbocycles. The monoisotopic (exact) mass is 334 g/mol. The number of nitrogens with one attached hydrogen (secondary N) is 1. The lowest BCUT2D eigenvalue weighted by Crippen LogP contribution is -2.33. The Labute approximate surface area is 139 Å². The SMILES string of the molecule is CO[C@H]1C[C@@H](c2n[nH]c(C)n2)N(C(=O)Cc2cccc(Cl)c2)C1. The molecule has 1 fully saturated rings. The number of methoxy groups -OCH3 is 1. The van der Waals surface area contributed by atoms with Crippen LogP contribution in [0.2, 0.25) is 5.02 Å². The number of likely N-dealkylation sites (tertiary alicyclic amines) is 1. The fourth-order valence-corrected chi connectivity index (χ4v) is 3.13. The Bertz CT molecular complexity index is 703. The number of amides is 1. The van der Waals surface area contributed by atoms with E-state index in [1.807, 2.05) is 25.1 Å². The third-order valence-electron chi connectivity index (χ3n) is 4.07. The van der Waals surface area contributed by atoms with Crippen LogP contribution < -0.4 is 0 Å². The zero-order valence-electron chi connectivity index (χ0n) is 13.1. The van der Waals surface area contributed by atoms with Gasteiger partial charge in [-0.2, -0.15) is 5.10 Å². The van der Waals surface area contributed by atoms with Gasteiger partial charge in [-0.1, -0.05) is 23.7 Å². The second-order valence-electron chi connectivity index (χ2n) is 5.74. The molecule has 1 aliphatic rings. The van der Waals surface area contributed by atoms with Crippen molar-refractivity contribution in [3.63, 3.8) is 0 Å². The molecule has 2 atom stereocenters. The molecule has 6 nitrogen and oxygen atoms in total. The van der Waals surface area contributed by atoms with Crippen LogP contribution in [0, 0.1) is 6.92 Å². The quantitative estimate of drug-likeness (QED) is 0.931. The van der Waals surface area contributed by atoms with Gasteiger partial charge >= 0.3 is 0 Å². The first kappa shape index (κ1) is 16.0. The molecule has 122 valence electrons. The highest BCUT2D eigenvalue weighted by atomic mass is 35.5. The first-order valence-electron chi connectivity index (χ1n) is 7.52. The second kappa shape index (κ2) is 6.68. The van der Waals surface area contributed by atoms with Crippen LogP contribution in [-0.2, 0) is 16.0 Å². The molecule has 1 aliphatic heterocycles. The smallest absolute Gasteiger partial charge is 0.227 e. The molecule has 1 N–H and O–H groups in total. The average molecular weight is 335 g/mol. The fourth-order valence-electron chi connectivity index (χ4n) is 2.92. The number of carbonyl (C=O) groups is 1. The van der Waals surface area contributed by atoms with Crippen molar-refractivity contribution in [1.82, 2.24) is 20.1 Å². The molecule has 23 heavy (non-hydrogen) atoms. The van der Waals surface area contributed by atoms with Crippen molar-refractivity contribution >= 4 is 17.5 Å². The molecule has 3 rings (SSSR count). The Kier molecular flexibility index (Phi) is 4.63. The van der Waals surface area contributed by atoms with Crippen molar-refractivity contribution in [3.8, 4) is 0 Å². The lowest BCUT2D eigenvalue weighted by molar-refractivity contribution is -0.131. The van der Waals surface area contributed by atoms with Crippen LogP contribution >= 0.6 is 11.6 Å². The number of rotatable bonds is 4. The third kappa shape index (κ3) is 3.54. The van der Waals surface area contributed by atoms with Gasteiger partial charge in [-0.15, -0.1) is 0 Å². The summed E-state index contributed by atoms with van der Waals surface area (Å²) in [4.78, 5) is 18.9. The molecule has 0 spiro atoms. The summed E-state index contributed by atoms with van der Waals surface area (Å²) >= 11 is 5.99. The molecule has 1 saturated heterocycles. The van der Waals surface area contributed by atoms with E-state index in [4.69, 9.17) is 16.3 Å². The maximum Gasteiger partial charge on any atom is 0.227 e. The number of benzene rings is 1. The van der Waals surface area contributed by atoms with E-state index in [0.717, 1.165) is 11.4 Å². The van der Waals surface area contributed by atoms with E-state index in [0.29, 0.717) is 30.2 Å². The summed E-state index contributed by atoms with van der Waals surface area (Å²) in [6.45, 7) is 2.39. The van der Waals surface area contributed by atoms with E-state index < -0.39 is 0 Å². The highest BCUT2D eigenvalue weighted by Gasteiger charge is 2.38. The molecular formula is C16H19ClN4O2. The predicted octanol–water partition coefficient (Wildman–Crippen LogP) is 2.30. The van der Waals surface area contributed by atoms with Gasteiger partial charge in [0.05, 0.1) is 18.6 Å². The van der Waals surface area contributed by atoms with Crippen molar-refractivity contribution in [1.29, 1.82) is 0 Å². The van der Waals surface area contributed by atoms with Crippen molar-refractivity contribution in [2.75, 3.05) is 13.7 Å². The van der Waals surface area contributed by atoms with Crippen molar-refractivity contribution in [2.24, 2.45) is 0 Å². The number of aromatic amines is 1. The van der Waals surface area contributed by atoms with Gasteiger partial charge in [-0.05, 0) is 24.6 Å². The maximum absolute atomic E-state index is 12.7. The van der Waals surface area contributed by atoms with Crippen LogP contribution in [0.3, 0.4) is 0 Å². The van der Waals surface area contributed by atoms with E-state index in [2.05, 4.69) is 15.2 Å². The minimum absolute atomic E-state index is 0.00196. The number of ether oxygens (including phenoxy) is 1. The summed E-state index contributed by atoms with van der Waals surface area (Å²) in [6, 6.07) is 7.21. The van der Waals surface area contributed by atoms with Crippen molar-refractivity contribution < 1.29 is 9.53 Å². The Balaban J connectivity index is 1.79. The maximum atomic E-state index is 12.7. The van der Waals surface area contributed by atoms with Gasteiger partial charge in [0, 0.05) is 25.1 Å². The van der Waals surface area contributed by atoms with Crippen LogP contribution in [0.5, 0.6) is 0 Å². The number of nitrogens with zero attached hydrogens (tertiary/aromatic N) is 3. The molecule has 1 amide bonds. The van der Waals surface area contributed by atoms with E-state index in [1.165, 1.54) is 0 Å². The molecular weight excluding hydrogens is 316 g/mol. The number of halogens is 1. The molecule has 0 radical (unpaired) electrons. The van der Waals surface area contributed by atoms with Gasteiger partial charge in [0.15, 0.2) is 5.82 Å². The molecule has 0 saturated carbocycles. The van der Waals surface area contributed by atoms with Crippen LogP contribution in [0.25, 0.3) is 0 Å². The van der Waals surface area contributed by atoms with Gasteiger partial charge in [-0.3, -0.25) is 9.89 Å². The van der Waals surface area contributed by atoms with Crippen molar-refractivity contribution in [2.45, 2.75) is 31.9 Å². The van der Waals surface area contributed by atoms with E-state index >= 15 is 0 Å². The lowest BCUT2D eigenvalue weighted by Gasteiger charge is -2.22. The summed E-state index contributed by atoms with van der Waals surface area (Å²) in [5.74, 6) is 1.41. The van der Waals surface area contributed by atoms with Crippen LogP contribution in [-0.4, -0.2) is 45.7 Å². The van der Waals surface area contributed by atoms with Gasteiger partial charge in [0.25, 0.3) is 0 Å². The highest BCUT2D eigenvalue weighted by Crippen LogP contribution is 2.32. The lowest BCUT2D eigenvalue weighted by atomic mass is 10.1. The standard InChI is InChI=1S/C16H19ClN4O2/c1-10-18-16(20-19-10)14-8-13(23-2)9-21(14)15(22)7-11-4-3-5-12(17)6-11/h3-6,13-14H,7-9H2,1-2H3,(H,18,19,20)/t13-,14-/m0/s1. The van der Waals surface area contributed by atoms with E-state index in [-0.39, 0.29) is 18.1 Å². The Hall–Kier alpha value is -1.92. The molecule has 0 unspecified atom stereocenters. The largest absolute Gasteiger partial charge is 0.380 e. The normalized spacial score (nSPS) is 20.9. The number of aromatic nitrogens is 3. The Morgan fingerprint density at radius 3 is 3.00 bits per heavy atom. The molecule has 0 aliphatic carbocycles. The average Bonchev–Trinajstić information content (AvgIpc) is 3.13. The zero-order chi connectivity index (χ0) is 16.4. The zero-order valence-corrected chi connectivity index (χ0v) is 13.9. The molecule has 0 bridgehead atoms. The first-order valence-corrected chi connectivity index (χ1v) is 7.90. The number of H-pyrrole nitrogens is 1. The van der Waals surface area contributed by atoms with Gasteiger partial charge in [0.1, 0.15) is 5.82 Å². The van der Waals surface area contributed by atoms with Gasteiger partial charge in [-0.25, -0.2) is 4.98 Å². The number of hydrogen-bond donors (Lipinski definition) is 1. The summed E-state index contributed by atoms with van der Waals surface area (Å²) in [6.07, 6.45) is 1.01. The Morgan fingerprint density at radius 2 is 2.35 bits per heavy atom. The fraction of sp³-hybridized carbons (Fsp3) is 0.438. The summed E-state index contributed by atoms with van der Waals surface area (Å²) in [7, 11) is 1.66. The van der Waals surface area contributed by atoms with Crippen LogP contribution in [0.15, 0.2) is 24.3 Å².